The first kappa shape index (κ1) is 15.6. The molecule has 1 fully saturated rings. The fourth-order valence-corrected chi connectivity index (χ4v) is 6.31. The van der Waals surface area contributed by atoms with Crippen LogP contribution in [0.15, 0.2) is 63.8 Å². The Hall–Kier alpha value is -2.64. The van der Waals surface area contributed by atoms with Crippen molar-refractivity contribution in [2.24, 2.45) is 5.73 Å². The average molecular weight is 366 g/mol. The molecule has 130 valence electrons. The van der Waals surface area contributed by atoms with Crippen LogP contribution in [0.3, 0.4) is 0 Å². The van der Waals surface area contributed by atoms with Crippen molar-refractivity contribution in [2.75, 3.05) is 0 Å². The molecule has 0 aliphatic carbocycles. The highest BCUT2D eigenvalue weighted by molar-refractivity contribution is 8.01. The van der Waals surface area contributed by atoms with Crippen molar-refractivity contribution in [3.63, 3.8) is 0 Å². The first-order chi connectivity index (χ1) is 12.5. The minimum Gasteiger partial charge on any atom is -0.422 e. The highest BCUT2D eigenvalue weighted by Gasteiger charge is 2.68. The summed E-state index contributed by atoms with van der Waals surface area (Å²) in [6.07, 6.45) is 0. The van der Waals surface area contributed by atoms with Crippen LogP contribution in [-0.2, 0) is 4.87 Å². The molecule has 4 unspecified atom stereocenters. The van der Waals surface area contributed by atoms with Crippen LogP contribution in [0.25, 0.3) is 11.0 Å². The lowest BCUT2D eigenvalue weighted by atomic mass is 9.74. The zero-order valence-electron chi connectivity index (χ0n) is 13.5. The minimum absolute atomic E-state index is 0.250. The van der Waals surface area contributed by atoms with E-state index < -0.39 is 22.5 Å². The molecule has 1 aromatic heterocycles. The molecule has 0 spiro atoms. The van der Waals surface area contributed by atoms with Gasteiger partial charge in [0.1, 0.15) is 5.58 Å². The van der Waals surface area contributed by atoms with Crippen molar-refractivity contribution in [3.8, 4) is 0 Å². The lowest BCUT2D eigenvalue weighted by Gasteiger charge is -2.30. The number of para-hydroxylation sites is 1. The Kier molecular flexibility index (Phi) is 3.11. The molecule has 2 bridgehead atoms. The predicted octanol–water partition coefficient (Wildman–Crippen LogP) is 3.14. The molecular weight excluding hydrogens is 352 g/mol. The first-order valence-corrected chi connectivity index (χ1v) is 9.11. The molecule has 26 heavy (non-hydrogen) atoms. The number of nitro groups is 1. The monoisotopic (exact) mass is 366 g/mol. The van der Waals surface area contributed by atoms with Crippen molar-refractivity contribution in [2.45, 2.75) is 22.1 Å². The maximum atomic E-state index is 12.6. The fraction of sp³-hybridized carbons (Fsp3) is 0.211. The summed E-state index contributed by atoms with van der Waals surface area (Å²) in [6, 6.07) is 15.6. The van der Waals surface area contributed by atoms with E-state index in [9.17, 15) is 14.9 Å². The summed E-state index contributed by atoms with van der Waals surface area (Å²) in [5, 5.41) is 12.5. The second-order valence-corrected chi connectivity index (χ2v) is 8.09. The van der Waals surface area contributed by atoms with Gasteiger partial charge in [0.2, 0.25) is 0 Å². The van der Waals surface area contributed by atoms with Crippen molar-refractivity contribution < 1.29 is 9.34 Å². The number of hydrogen-bond acceptors (Lipinski definition) is 6. The number of rotatable bonds is 2. The molecule has 6 nitrogen and oxygen atoms in total. The van der Waals surface area contributed by atoms with Crippen molar-refractivity contribution >= 4 is 22.7 Å². The second kappa shape index (κ2) is 5.18. The van der Waals surface area contributed by atoms with Gasteiger partial charge in [-0.3, -0.25) is 10.1 Å². The zero-order chi connectivity index (χ0) is 18.1. The van der Waals surface area contributed by atoms with Crippen LogP contribution in [-0.4, -0.2) is 11.0 Å². The molecule has 4 atom stereocenters. The Morgan fingerprint density at radius 2 is 1.81 bits per heavy atom. The third-order valence-electron chi connectivity index (χ3n) is 5.37. The molecule has 0 amide bonds. The summed E-state index contributed by atoms with van der Waals surface area (Å²) >= 11 is 1.31. The molecular formula is C19H14N2O4S. The topological polar surface area (TPSA) is 99.4 Å². The molecule has 2 N–H and O–H groups in total. The van der Waals surface area contributed by atoms with Gasteiger partial charge in [0.05, 0.1) is 11.5 Å². The molecule has 5 rings (SSSR count). The molecule has 7 heteroatoms. The van der Waals surface area contributed by atoms with E-state index >= 15 is 0 Å². The van der Waals surface area contributed by atoms with Gasteiger partial charge in [-0.15, -0.1) is 11.8 Å². The van der Waals surface area contributed by atoms with E-state index in [1.165, 1.54) is 11.8 Å². The summed E-state index contributed by atoms with van der Waals surface area (Å²) in [5.41, 5.74) is 8.35. The van der Waals surface area contributed by atoms with Gasteiger partial charge in [-0.1, -0.05) is 48.5 Å². The summed E-state index contributed by atoms with van der Waals surface area (Å²) in [6.45, 7) is 0. The van der Waals surface area contributed by atoms with Crippen LogP contribution < -0.4 is 11.4 Å². The van der Waals surface area contributed by atoms with Gasteiger partial charge in [-0.05, 0) is 17.2 Å². The summed E-state index contributed by atoms with van der Waals surface area (Å²) in [7, 11) is 0. The van der Waals surface area contributed by atoms with Crippen LogP contribution in [0.2, 0.25) is 0 Å². The molecule has 2 aliphatic heterocycles. The number of nitrogens with zero attached hydrogens (tertiary/aromatic N) is 1. The van der Waals surface area contributed by atoms with Crippen LogP contribution in [0.4, 0.5) is 0 Å². The molecule has 3 heterocycles. The predicted molar refractivity (Wildman–Crippen MR) is 98.6 cm³/mol. The van der Waals surface area contributed by atoms with Crippen LogP contribution in [0.5, 0.6) is 0 Å². The molecule has 1 saturated heterocycles. The molecule has 3 aromatic rings. The quantitative estimate of drug-likeness (QED) is 0.425. The normalized spacial score (nSPS) is 29.0. The Labute approximate surface area is 152 Å². The Bertz CT molecular complexity index is 1110. The van der Waals surface area contributed by atoms with E-state index in [1.807, 2.05) is 42.5 Å². The number of hydrogen-bond donors (Lipinski definition) is 1. The number of nitrogens with two attached hydrogens (primary N) is 1. The average Bonchev–Trinajstić information content (AvgIpc) is 3.11. The molecule has 0 saturated carbocycles. The van der Waals surface area contributed by atoms with Gasteiger partial charge in [-0.2, -0.15) is 0 Å². The summed E-state index contributed by atoms with van der Waals surface area (Å²) < 4.78 is 5.42. The Morgan fingerprint density at radius 3 is 2.54 bits per heavy atom. The van der Waals surface area contributed by atoms with Gasteiger partial charge in [-0.25, -0.2) is 4.79 Å². The van der Waals surface area contributed by atoms with Crippen molar-refractivity contribution in [1.29, 1.82) is 0 Å². The lowest BCUT2D eigenvalue weighted by molar-refractivity contribution is -0.533. The molecule has 2 aliphatic rings. The first-order valence-electron chi connectivity index (χ1n) is 8.23. The van der Waals surface area contributed by atoms with E-state index in [0.29, 0.717) is 5.58 Å². The Balaban J connectivity index is 1.85. The zero-order valence-corrected chi connectivity index (χ0v) is 14.3. The number of fused-ring (bicyclic) bond motifs is 7. The maximum Gasteiger partial charge on any atom is 0.342 e. The molecule has 0 radical (unpaired) electrons. The van der Waals surface area contributed by atoms with E-state index in [1.54, 1.807) is 12.1 Å². The SMILES string of the molecule is NC12SC(c3c1c(=O)oc1ccccc31)C(c1ccccc1)C2[N+](=O)[O-]. The summed E-state index contributed by atoms with van der Waals surface area (Å²) in [5.74, 6) is -0.404. The van der Waals surface area contributed by atoms with Crippen molar-refractivity contribution in [3.05, 3.63) is 91.8 Å². The highest BCUT2D eigenvalue weighted by Crippen LogP contribution is 2.68. The largest absolute Gasteiger partial charge is 0.422 e. The summed E-state index contributed by atoms with van der Waals surface area (Å²) in [4.78, 5) is 22.9. The Morgan fingerprint density at radius 1 is 1.12 bits per heavy atom. The van der Waals surface area contributed by atoms with Crippen molar-refractivity contribution in [1.82, 2.24) is 0 Å². The van der Waals surface area contributed by atoms with Gasteiger partial charge in [0.25, 0.3) is 6.04 Å². The van der Waals surface area contributed by atoms with Gasteiger partial charge >= 0.3 is 5.63 Å². The van der Waals surface area contributed by atoms with E-state index in [0.717, 1.165) is 16.5 Å². The third-order valence-corrected chi connectivity index (χ3v) is 6.99. The third kappa shape index (κ3) is 1.84. The number of benzene rings is 2. The minimum atomic E-state index is -1.39. The lowest BCUT2D eigenvalue weighted by Crippen LogP contribution is -2.51. The van der Waals surface area contributed by atoms with Gasteiger partial charge in [0, 0.05) is 15.6 Å². The number of thioether (sulfide) groups is 1. The van der Waals surface area contributed by atoms with E-state index in [-0.39, 0.29) is 15.7 Å². The standard InChI is InChI=1S/C19H14N2O4S/c20-19-15-14(11-8-4-5-9-12(11)25-18(15)22)16(26-19)13(17(19)21(23)24)10-6-2-1-3-7-10/h1-9,13,16-17H,20H2. The highest BCUT2D eigenvalue weighted by atomic mass is 32.2. The second-order valence-electron chi connectivity index (χ2n) is 6.67. The van der Waals surface area contributed by atoms with E-state index in [2.05, 4.69) is 0 Å². The van der Waals surface area contributed by atoms with Crippen LogP contribution in [0, 0.1) is 10.1 Å². The van der Waals surface area contributed by atoms with Gasteiger partial charge < -0.3 is 10.2 Å². The smallest absolute Gasteiger partial charge is 0.342 e. The fourth-order valence-electron chi connectivity index (χ4n) is 4.39. The van der Waals surface area contributed by atoms with Crippen LogP contribution in [0.1, 0.15) is 27.9 Å². The van der Waals surface area contributed by atoms with Crippen LogP contribution >= 0.6 is 11.8 Å². The maximum absolute atomic E-state index is 12.6. The molecule has 2 aromatic carbocycles. The van der Waals surface area contributed by atoms with Gasteiger partial charge in [0.15, 0.2) is 4.87 Å². The van der Waals surface area contributed by atoms with E-state index in [4.69, 9.17) is 10.2 Å².